The Morgan fingerprint density at radius 2 is 2.19 bits per heavy atom. The summed E-state index contributed by atoms with van der Waals surface area (Å²) in [5.74, 6) is 0.938. The number of amides is 1. The minimum absolute atomic E-state index is 0.0223. The second-order valence-electron chi connectivity index (χ2n) is 5.53. The summed E-state index contributed by atoms with van der Waals surface area (Å²) in [7, 11) is 1.85. The monoisotopic (exact) mass is 287 g/mol. The van der Waals surface area contributed by atoms with E-state index in [0.29, 0.717) is 6.54 Å². The zero-order valence-corrected chi connectivity index (χ0v) is 12.6. The summed E-state index contributed by atoms with van der Waals surface area (Å²) in [4.78, 5) is 16.6. The van der Waals surface area contributed by atoms with Gasteiger partial charge in [-0.1, -0.05) is 0 Å². The number of hydrogen-bond donors (Lipinski definition) is 1. The highest BCUT2D eigenvalue weighted by Crippen LogP contribution is 2.23. The number of aromatic nitrogens is 4. The lowest BCUT2D eigenvalue weighted by atomic mass is 9.95. The molecule has 1 aliphatic carbocycles. The van der Waals surface area contributed by atoms with Crippen LogP contribution < -0.4 is 5.32 Å². The fourth-order valence-corrected chi connectivity index (χ4v) is 2.98. The van der Waals surface area contributed by atoms with E-state index in [0.717, 1.165) is 48.6 Å². The smallest absolute Gasteiger partial charge is 0.269 e. The van der Waals surface area contributed by atoms with Crippen LogP contribution in [0.3, 0.4) is 0 Å². The molecule has 2 heterocycles. The van der Waals surface area contributed by atoms with Crippen molar-refractivity contribution < 1.29 is 4.79 Å². The van der Waals surface area contributed by atoms with Gasteiger partial charge in [-0.15, -0.1) is 0 Å². The van der Waals surface area contributed by atoms with Crippen LogP contribution in [-0.2, 0) is 26.4 Å². The maximum atomic E-state index is 12.4. The Hall–Kier alpha value is -2.11. The second-order valence-corrected chi connectivity index (χ2v) is 5.53. The molecule has 3 rings (SSSR count). The van der Waals surface area contributed by atoms with Crippen molar-refractivity contribution in [2.75, 3.05) is 6.54 Å². The minimum Gasteiger partial charge on any atom is -0.349 e. The fourth-order valence-electron chi connectivity index (χ4n) is 2.98. The van der Waals surface area contributed by atoms with Crippen LogP contribution in [0.1, 0.15) is 40.4 Å². The molecule has 112 valence electrons. The van der Waals surface area contributed by atoms with Crippen molar-refractivity contribution in [3.63, 3.8) is 0 Å². The number of fused-ring (bicyclic) bond motifs is 1. The van der Waals surface area contributed by atoms with Crippen LogP contribution in [0.25, 0.3) is 0 Å². The predicted molar refractivity (Wildman–Crippen MR) is 79.1 cm³/mol. The molecule has 1 aliphatic rings. The Kier molecular flexibility index (Phi) is 3.77. The first-order valence-electron chi connectivity index (χ1n) is 7.47. The van der Waals surface area contributed by atoms with Gasteiger partial charge in [0, 0.05) is 38.1 Å². The first-order valence-corrected chi connectivity index (χ1v) is 7.47. The summed E-state index contributed by atoms with van der Waals surface area (Å²) >= 11 is 0. The van der Waals surface area contributed by atoms with Crippen LogP contribution in [0.5, 0.6) is 0 Å². The van der Waals surface area contributed by atoms with E-state index < -0.39 is 0 Å². The third-order valence-electron chi connectivity index (χ3n) is 4.10. The summed E-state index contributed by atoms with van der Waals surface area (Å²) in [5, 5.41) is 7.48. The van der Waals surface area contributed by atoms with E-state index in [1.807, 2.05) is 24.7 Å². The Labute approximate surface area is 124 Å². The van der Waals surface area contributed by atoms with Crippen LogP contribution >= 0.6 is 0 Å². The lowest BCUT2D eigenvalue weighted by Crippen LogP contribution is -2.30. The number of imidazole rings is 1. The molecule has 1 amide bonds. The first kappa shape index (κ1) is 13.9. The zero-order valence-electron chi connectivity index (χ0n) is 12.6. The molecule has 2 aromatic rings. The molecule has 1 N–H and O–H groups in total. The summed E-state index contributed by atoms with van der Waals surface area (Å²) in [6, 6.07) is 0. The molecule has 0 atom stereocenters. The highest BCUT2D eigenvalue weighted by Gasteiger charge is 2.23. The Morgan fingerprint density at radius 3 is 2.95 bits per heavy atom. The van der Waals surface area contributed by atoms with Crippen LogP contribution in [0, 0.1) is 6.92 Å². The number of rotatable bonds is 4. The van der Waals surface area contributed by atoms with Gasteiger partial charge in [-0.3, -0.25) is 9.48 Å². The van der Waals surface area contributed by atoms with Crippen LogP contribution in [0.4, 0.5) is 0 Å². The van der Waals surface area contributed by atoms with Crippen molar-refractivity contribution >= 4 is 5.91 Å². The molecule has 0 saturated heterocycles. The molecule has 0 bridgehead atoms. The summed E-state index contributed by atoms with van der Waals surface area (Å²) in [6.07, 6.45) is 7.97. The lowest BCUT2D eigenvalue weighted by Gasteiger charge is -2.12. The molecule has 6 heteroatoms. The summed E-state index contributed by atoms with van der Waals surface area (Å²) in [6.45, 7) is 3.28. The highest BCUT2D eigenvalue weighted by molar-refractivity contribution is 5.94. The molecule has 6 nitrogen and oxygen atoms in total. The van der Waals surface area contributed by atoms with E-state index in [9.17, 15) is 4.79 Å². The summed E-state index contributed by atoms with van der Waals surface area (Å²) in [5.41, 5.74) is 2.96. The van der Waals surface area contributed by atoms with Crippen molar-refractivity contribution in [3.05, 3.63) is 35.2 Å². The van der Waals surface area contributed by atoms with E-state index in [1.54, 1.807) is 10.9 Å². The number of nitrogens with one attached hydrogen (secondary N) is 1. The molecule has 0 spiro atoms. The third kappa shape index (κ3) is 2.70. The highest BCUT2D eigenvalue weighted by atomic mass is 16.2. The van der Waals surface area contributed by atoms with Gasteiger partial charge in [-0.2, -0.15) is 5.10 Å². The minimum atomic E-state index is -0.0223. The normalized spacial score (nSPS) is 14.0. The van der Waals surface area contributed by atoms with Crippen molar-refractivity contribution in [2.45, 2.75) is 39.2 Å². The molecule has 21 heavy (non-hydrogen) atoms. The lowest BCUT2D eigenvalue weighted by molar-refractivity contribution is 0.0941. The SMILES string of the molecule is Cc1nccn1CCNC(=O)c1c2c(nn1C)CCCC2. The van der Waals surface area contributed by atoms with Gasteiger partial charge in [-0.25, -0.2) is 4.98 Å². The number of hydrogen-bond acceptors (Lipinski definition) is 3. The van der Waals surface area contributed by atoms with Gasteiger partial charge in [0.1, 0.15) is 11.5 Å². The molecular formula is C15H21N5O. The van der Waals surface area contributed by atoms with Crippen molar-refractivity contribution in [3.8, 4) is 0 Å². The number of nitrogens with zero attached hydrogens (tertiary/aromatic N) is 4. The van der Waals surface area contributed by atoms with E-state index >= 15 is 0 Å². The van der Waals surface area contributed by atoms with Crippen LogP contribution in [0.2, 0.25) is 0 Å². The Morgan fingerprint density at radius 1 is 1.38 bits per heavy atom. The third-order valence-corrected chi connectivity index (χ3v) is 4.10. The van der Waals surface area contributed by atoms with Gasteiger partial charge in [0.25, 0.3) is 5.91 Å². The second kappa shape index (κ2) is 5.71. The first-order chi connectivity index (χ1) is 10.2. The molecule has 0 unspecified atom stereocenters. The van der Waals surface area contributed by atoms with Gasteiger partial charge in [0.15, 0.2) is 0 Å². The number of carbonyl (C=O) groups is 1. The predicted octanol–water partition coefficient (Wildman–Crippen LogP) is 1.23. The van der Waals surface area contributed by atoms with Crippen LogP contribution in [0.15, 0.2) is 12.4 Å². The molecule has 2 aromatic heterocycles. The van der Waals surface area contributed by atoms with E-state index in [4.69, 9.17) is 0 Å². The molecular weight excluding hydrogens is 266 g/mol. The van der Waals surface area contributed by atoms with E-state index in [2.05, 4.69) is 15.4 Å². The zero-order chi connectivity index (χ0) is 14.8. The molecule has 0 fully saturated rings. The number of carbonyl (C=O) groups excluding carboxylic acids is 1. The van der Waals surface area contributed by atoms with Gasteiger partial charge in [0.2, 0.25) is 0 Å². The maximum absolute atomic E-state index is 12.4. The van der Waals surface area contributed by atoms with Gasteiger partial charge >= 0.3 is 0 Å². The molecule has 0 aromatic carbocycles. The van der Waals surface area contributed by atoms with E-state index in [-0.39, 0.29) is 5.91 Å². The van der Waals surface area contributed by atoms with Gasteiger partial charge < -0.3 is 9.88 Å². The average Bonchev–Trinajstić information content (AvgIpc) is 3.01. The Bertz CT molecular complexity index is 655. The molecule has 0 aliphatic heterocycles. The maximum Gasteiger partial charge on any atom is 0.269 e. The number of aryl methyl sites for hydroxylation is 3. The van der Waals surface area contributed by atoms with Crippen LogP contribution in [-0.4, -0.2) is 31.8 Å². The van der Waals surface area contributed by atoms with Gasteiger partial charge in [0.05, 0.1) is 5.69 Å². The molecule has 0 radical (unpaired) electrons. The summed E-state index contributed by atoms with van der Waals surface area (Å²) < 4.78 is 3.76. The van der Waals surface area contributed by atoms with E-state index in [1.165, 1.54) is 6.42 Å². The average molecular weight is 287 g/mol. The van der Waals surface area contributed by atoms with Crippen molar-refractivity contribution in [1.82, 2.24) is 24.6 Å². The Balaban J connectivity index is 1.66. The van der Waals surface area contributed by atoms with Crippen molar-refractivity contribution in [1.29, 1.82) is 0 Å². The molecule has 0 saturated carbocycles. The fraction of sp³-hybridized carbons (Fsp3) is 0.533. The largest absolute Gasteiger partial charge is 0.349 e. The van der Waals surface area contributed by atoms with Gasteiger partial charge in [-0.05, 0) is 32.6 Å². The quantitative estimate of drug-likeness (QED) is 0.920. The van der Waals surface area contributed by atoms with Crippen molar-refractivity contribution in [2.24, 2.45) is 7.05 Å². The topological polar surface area (TPSA) is 64.7 Å². The standard InChI is InChI=1S/C15H21N5O/c1-11-16-7-9-20(11)10-8-17-15(21)14-12-5-3-4-6-13(12)18-19(14)2/h7,9H,3-6,8,10H2,1-2H3,(H,17,21).